The van der Waals surface area contributed by atoms with E-state index in [9.17, 15) is 4.79 Å². The van der Waals surface area contributed by atoms with Gasteiger partial charge in [-0.25, -0.2) is 0 Å². The molecule has 1 heterocycles. The molecule has 2 atom stereocenters. The normalized spacial score (nSPS) is 26.6. The molecule has 0 aromatic heterocycles. The average Bonchev–Trinajstić information content (AvgIpc) is 2.52. The van der Waals surface area contributed by atoms with Crippen LogP contribution < -0.4 is 0 Å². The second kappa shape index (κ2) is 5.04. The van der Waals surface area contributed by atoms with Crippen LogP contribution in [0.1, 0.15) is 39.5 Å². The van der Waals surface area contributed by atoms with Crippen molar-refractivity contribution in [2.45, 2.75) is 51.7 Å². The molecule has 0 aliphatic carbocycles. The van der Waals surface area contributed by atoms with Crippen LogP contribution in [0.2, 0.25) is 0 Å². The van der Waals surface area contributed by atoms with Gasteiger partial charge < -0.3 is 4.74 Å². The molecule has 0 bridgehead atoms. The van der Waals surface area contributed by atoms with E-state index in [1.54, 1.807) is 6.92 Å². The summed E-state index contributed by atoms with van der Waals surface area (Å²) in [4.78, 5) is 11.5. The van der Waals surface area contributed by atoms with Gasteiger partial charge >= 0.3 is 0 Å². The molecule has 1 saturated heterocycles. The fourth-order valence-electron chi connectivity index (χ4n) is 1.51. The van der Waals surface area contributed by atoms with Crippen LogP contribution in [0.4, 0.5) is 0 Å². The summed E-state index contributed by atoms with van der Waals surface area (Å²) < 4.78 is 5.46. The van der Waals surface area contributed by atoms with E-state index in [2.05, 4.69) is 11.8 Å². The van der Waals surface area contributed by atoms with Crippen LogP contribution in [0.3, 0.4) is 0 Å². The standard InChI is InChI=1S/C11H16O2/c1-3-4-5-6-10(12)11-8-7-9(2)13-11/h9,11H,5-8H2,1-2H3. The topological polar surface area (TPSA) is 26.3 Å². The lowest BCUT2D eigenvalue weighted by Gasteiger charge is -2.08. The minimum absolute atomic E-state index is 0.145. The van der Waals surface area contributed by atoms with Crippen molar-refractivity contribution >= 4 is 5.78 Å². The first-order valence-corrected chi connectivity index (χ1v) is 4.82. The van der Waals surface area contributed by atoms with E-state index < -0.39 is 0 Å². The fraction of sp³-hybridized carbons (Fsp3) is 0.727. The molecule has 0 radical (unpaired) electrons. The number of ketones is 1. The Balaban J connectivity index is 2.26. The van der Waals surface area contributed by atoms with Gasteiger partial charge in [0.2, 0.25) is 0 Å². The fourth-order valence-corrected chi connectivity index (χ4v) is 1.51. The summed E-state index contributed by atoms with van der Waals surface area (Å²) in [6.45, 7) is 3.80. The van der Waals surface area contributed by atoms with E-state index in [4.69, 9.17) is 4.74 Å². The number of hydrogen-bond donors (Lipinski definition) is 0. The van der Waals surface area contributed by atoms with Crippen molar-refractivity contribution in [3.8, 4) is 11.8 Å². The Labute approximate surface area is 79.7 Å². The molecule has 2 nitrogen and oxygen atoms in total. The van der Waals surface area contributed by atoms with Gasteiger partial charge in [0.1, 0.15) is 6.10 Å². The van der Waals surface area contributed by atoms with Crippen molar-refractivity contribution in [1.29, 1.82) is 0 Å². The Bertz CT molecular complexity index is 234. The average molecular weight is 180 g/mol. The zero-order valence-corrected chi connectivity index (χ0v) is 8.30. The van der Waals surface area contributed by atoms with Gasteiger partial charge in [0.15, 0.2) is 5.78 Å². The predicted octanol–water partition coefficient (Wildman–Crippen LogP) is 1.93. The lowest BCUT2D eigenvalue weighted by atomic mass is 10.1. The number of carbonyl (C=O) groups is 1. The SMILES string of the molecule is CC#CCCC(=O)C1CCC(C)O1. The van der Waals surface area contributed by atoms with E-state index in [-0.39, 0.29) is 18.0 Å². The maximum absolute atomic E-state index is 11.5. The first-order valence-electron chi connectivity index (χ1n) is 4.82. The van der Waals surface area contributed by atoms with Gasteiger partial charge in [-0.2, -0.15) is 0 Å². The quantitative estimate of drug-likeness (QED) is 0.620. The van der Waals surface area contributed by atoms with E-state index in [1.165, 1.54) is 0 Å². The Morgan fingerprint density at radius 1 is 1.54 bits per heavy atom. The van der Waals surface area contributed by atoms with Crippen molar-refractivity contribution < 1.29 is 9.53 Å². The Morgan fingerprint density at radius 2 is 2.31 bits per heavy atom. The lowest BCUT2D eigenvalue weighted by molar-refractivity contribution is -0.129. The van der Waals surface area contributed by atoms with E-state index in [0.29, 0.717) is 12.8 Å². The summed E-state index contributed by atoms with van der Waals surface area (Å²) in [5, 5.41) is 0. The van der Waals surface area contributed by atoms with Gasteiger partial charge in [-0.3, -0.25) is 4.79 Å². The summed E-state index contributed by atoms with van der Waals surface area (Å²) in [6, 6.07) is 0. The van der Waals surface area contributed by atoms with Crippen LogP contribution in [0.25, 0.3) is 0 Å². The van der Waals surface area contributed by atoms with Crippen LogP contribution >= 0.6 is 0 Å². The van der Waals surface area contributed by atoms with Crippen molar-refractivity contribution in [1.82, 2.24) is 0 Å². The zero-order chi connectivity index (χ0) is 9.68. The molecule has 0 aromatic rings. The van der Waals surface area contributed by atoms with Crippen LogP contribution in [0.15, 0.2) is 0 Å². The Hall–Kier alpha value is -0.810. The number of carbonyl (C=O) groups excluding carboxylic acids is 1. The number of Topliss-reactive ketones (excluding diaryl/α,β-unsaturated/α-hetero) is 1. The number of ether oxygens (including phenoxy) is 1. The minimum atomic E-state index is -0.145. The third kappa shape index (κ3) is 3.20. The molecule has 1 rings (SSSR count). The number of hydrogen-bond acceptors (Lipinski definition) is 2. The first kappa shape index (κ1) is 10.3. The smallest absolute Gasteiger partial charge is 0.162 e. The molecule has 1 aliphatic heterocycles. The van der Waals surface area contributed by atoms with E-state index >= 15 is 0 Å². The molecule has 2 heteroatoms. The van der Waals surface area contributed by atoms with Gasteiger partial charge in [-0.15, -0.1) is 11.8 Å². The molecule has 0 amide bonds. The Kier molecular flexibility index (Phi) is 3.98. The molecule has 0 aromatic carbocycles. The molecule has 0 spiro atoms. The van der Waals surface area contributed by atoms with E-state index in [0.717, 1.165) is 12.8 Å². The molecular weight excluding hydrogens is 164 g/mol. The maximum Gasteiger partial charge on any atom is 0.162 e. The summed E-state index contributed by atoms with van der Waals surface area (Å²) in [5.74, 6) is 5.88. The molecule has 2 unspecified atom stereocenters. The number of rotatable bonds is 3. The molecule has 72 valence electrons. The third-order valence-corrected chi connectivity index (χ3v) is 2.26. The minimum Gasteiger partial charge on any atom is -0.368 e. The zero-order valence-electron chi connectivity index (χ0n) is 8.30. The van der Waals surface area contributed by atoms with Crippen molar-refractivity contribution in [3.63, 3.8) is 0 Å². The lowest BCUT2D eigenvalue weighted by Crippen LogP contribution is -2.20. The van der Waals surface area contributed by atoms with Crippen LogP contribution in [0, 0.1) is 11.8 Å². The van der Waals surface area contributed by atoms with E-state index in [1.807, 2.05) is 6.92 Å². The van der Waals surface area contributed by atoms with Gasteiger partial charge in [0, 0.05) is 12.8 Å². The second-order valence-electron chi connectivity index (χ2n) is 3.41. The molecule has 0 N–H and O–H groups in total. The largest absolute Gasteiger partial charge is 0.368 e. The van der Waals surface area contributed by atoms with Gasteiger partial charge in [0.05, 0.1) is 6.10 Å². The summed E-state index contributed by atoms with van der Waals surface area (Å²) in [6.07, 6.45) is 3.22. The van der Waals surface area contributed by atoms with Crippen molar-refractivity contribution in [2.24, 2.45) is 0 Å². The highest BCUT2D eigenvalue weighted by atomic mass is 16.5. The maximum atomic E-state index is 11.5. The van der Waals surface area contributed by atoms with Gasteiger partial charge in [0.25, 0.3) is 0 Å². The van der Waals surface area contributed by atoms with Crippen LogP contribution in [0.5, 0.6) is 0 Å². The molecule has 0 saturated carbocycles. The van der Waals surface area contributed by atoms with Crippen molar-refractivity contribution in [2.75, 3.05) is 0 Å². The highest BCUT2D eigenvalue weighted by Gasteiger charge is 2.27. The van der Waals surface area contributed by atoms with Crippen LogP contribution in [-0.2, 0) is 9.53 Å². The summed E-state index contributed by atoms with van der Waals surface area (Å²) in [5.41, 5.74) is 0. The summed E-state index contributed by atoms with van der Waals surface area (Å²) >= 11 is 0. The highest BCUT2D eigenvalue weighted by molar-refractivity contribution is 5.83. The highest BCUT2D eigenvalue weighted by Crippen LogP contribution is 2.20. The predicted molar refractivity (Wildman–Crippen MR) is 51.3 cm³/mol. The van der Waals surface area contributed by atoms with Gasteiger partial charge in [-0.05, 0) is 26.7 Å². The molecule has 1 aliphatic rings. The third-order valence-electron chi connectivity index (χ3n) is 2.26. The Morgan fingerprint density at radius 3 is 2.85 bits per heavy atom. The first-order chi connectivity index (χ1) is 6.24. The van der Waals surface area contributed by atoms with Crippen molar-refractivity contribution in [3.05, 3.63) is 0 Å². The molecule has 13 heavy (non-hydrogen) atoms. The molecular formula is C11H16O2. The molecule has 1 fully saturated rings. The van der Waals surface area contributed by atoms with Crippen LogP contribution in [-0.4, -0.2) is 18.0 Å². The second-order valence-corrected chi connectivity index (χ2v) is 3.41. The van der Waals surface area contributed by atoms with Gasteiger partial charge in [-0.1, -0.05) is 0 Å². The monoisotopic (exact) mass is 180 g/mol. The summed E-state index contributed by atoms with van der Waals surface area (Å²) in [7, 11) is 0.